The molecule has 13 nitrogen and oxygen atoms in total. The Morgan fingerprint density at radius 2 is 1.90 bits per heavy atom. The Morgan fingerprint density at radius 1 is 1.13 bits per heavy atom. The second-order valence-corrected chi connectivity index (χ2v) is 16.1. The summed E-state index contributed by atoms with van der Waals surface area (Å²) >= 11 is 0. The Bertz CT molecular complexity index is 1950. The number of sulfonamides is 1. The molecule has 0 spiro atoms. The summed E-state index contributed by atoms with van der Waals surface area (Å²) in [4.78, 5) is 39.3. The number of aromatic nitrogens is 4. The number of fused-ring (bicyclic) bond motifs is 6. The van der Waals surface area contributed by atoms with Gasteiger partial charge in [0.25, 0.3) is 15.9 Å². The lowest BCUT2D eigenvalue weighted by Crippen LogP contribution is -2.42. The fourth-order valence-corrected chi connectivity index (χ4v) is 8.42. The van der Waals surface area contributed by atoms with Crippen LogP contribution in [-0.2, 0) is 14.8 Å². The number of anilines is 2. The number of alkyl halides is 3. The lowest BCUT2D eigenvalue weighted by Gasteiger charge is -2.34. The Labute approximate surface area is 300 Å². The number of hydrogen-bond donors (Lipinski definition) is 1. The third-order valence-electron chi connectivity index (χ3n) is 10.2. The number of hydrogen-bond acceptors (Lipinski definition) is 10. The zero-order chi connectivity index (χ0) is 37.5. The molecule has 4 bridgehead atoms. The van der Waals surface area contributed by atoms with Gasteiger partial charge in [0.2, 0.25) is 11.8 Å². The SMILES string of the molecule is C=CCN1C(=O)c2ccc(-n3ccc(OCCC4(C(F)(F)F)CC4)n3)nc2N2C[C@@H](CCCN(CCC(N)=O)c3cccc(n3)S1(=O)=O)CC2(C)C. The van der Waals surface area contributed by atoms with Crippen molar-refractivity contribution in [3.63, 3.8) is 0 Å². The molecule has 280 valence electrons. The maximum absolute atomic E-state index is 14.5. The van der Waals surface area contributed by atoms with Crippen molar-refractivity contribution in [2.24, 2.45) is 17.1 Å². The van der Waals surface area contributed by atoms with E-state index in [0.717, 1.165) is 12.8 Å². The lowest BCUT2D eigenvalue weighted by molar-refractivity contribution is -0.190. The molecule has 1 saturated heterocycles. The molecule has 2 fully saturated rings. The molecule has 1 atom stereocenters. The molecule has 0 unspecified atom stereocenters. The Kier molecular flexibility index (Phi) is 10.0. The number of ether oxygens (including phenoxy) is 1. The Morgan fingerprint density at radius 3 is 2.60 bits per heavy atom. The highest BCUT2D eigenvalue weighted by atomic mass is 32.2. The van der Waals surface area contributed by atoms with E-state index in [-0.39, 0.29) is 73.6 Å². The van der Waals surface area contributed by atoms with Crippen molar-refractivity contribution in [1.82, 2.24) is 24.1 Å². The zero-order valence-corrected chi connectivity index (χ0v) is 30.0. The summed E-state index contributed by atoms with van der Waals surface area (Å²) in [5, 5.41) is 4.04. The van der Waals surface area contributed by atoms with Gasteiger partial charge in [-0.15, -0.1) is 11.7 Å². The van der Waals surface area contributed by atoms with Gasteiger partial charge in [0, 0.05) is 43.9 Å². The molecule has 2 aliphatic heterocycles. The fourth-order valence-electron chi connectivity index (χ4n) is 7.12. The number of amides is 2. The van der Waals surface area contributed by atoms with Crippen molar-refractivity contribution in [2.45, 2.75) is 75.5 Å². The van der Waals surface area contributed by atoms with Gasteiger partial charge in [0.1, 0.15) is 11.6 Å². The number of nitrogens with two attached hydrogens (primary N) is 1. The summed E-state index contributed by atoms with van der Waals surface area (Å²) in [6, 6.07) is 9.08. The van der Waals surface area contributed by atoms with E-state index in [1.54, 1.807) is 18.3 Å². The van der Waals surface area contributed by atoms with Crippen LogP contribution in [0.5, 0.6) is 5.88 Å². The number of nitrogens with zero attached hydrogens (tertiary/aromatic N) is 7. The number of primary amides is 1. The van der Waals surface area contributed by atoms with E-state index in [1.165, 1.54) is 35.0 Å². The van der Waals surface area contributed by atoms with Crippen LogP contribution in [-0.4, -0.2) is 88.8 Å². The maximum atomic E-state index is 14.5. The van der Waals surface area contributed by atoms with E-state index >= 15 is 0 Å². The van der Waals surface area contributed by atoms with Gasteiger partial charge in [-0.25, -0.2) is 19.0 Å². The highest BCUT2D eigenvalue weighted by Crippen LogP contribution is 2.59. The molecule has 3 aliphatic rings. The van der Waals surface area contributed by atoms with Crippen LogP contribution in [0.1, 0.15) is 69.2 Å². The molecule has 17 heteroatoms. The van der Waals surface area contributed by atoms with Gasteiger partial charge in [0.05, 0.1) is 24.1 Å². The topological polar surface area (TPSA) is 157 Å². The predicted octanol–water partition coefficient (Wildman–Crippen LogP) is 4.87. The van der Waals surface area contributed by atoms with Gasteiger partial charge in [-0.2, -0.15) is 21.6 Å². The molecule has 2 amide bonds. The molecule has 52 heavy (non-hydrogen) atoms. The quantitative estimate of drug-likeness (QED) is 0.284. The van der Waals surface area contributed by atoms with Crippen LogP contribution >= 0.6 is 0 Å². The lowest BCUT2D eigenvalue weighted by atomic mass is 9.93. The molecule has 5 heterocycles. The number of carbonyl (C=O) groups is 2. The van der Waals surface area contributed by atoms with E-state index in [0.29, 0.717) is 35.5 Å². The minimum atomic E-state index is -4.52. The highest BCUT2D eigenvalue weighted by Gasteiger charge is 2.62. The maximum Gasteiger partial charge on any atom is 0.394 e. The third kappa shape index (κ3) is 7.45. The molecule has 2 N–H and O–H groups in total. The van der Waals surface area contributed by atoms with Gasteiger partial charge >= 0.3 is 6.18 Å². The summed E-state index contributed by atoms with van der Waals surface area (Å²) in [7, 11) is -4.52. The van der Waals surface area contributed by atoms with Crippen LogP contribution in [0.2, 0.25) is 0 Å². The molecular formula is C35H43F3N8O5S. The van der Waals surface area contributed by atoms with Gasteiger partial charge in [0.15, 0.2) is 10.8 Å². The second-order valence-electron chi connectivity index (χ2n) is 14.3. The number of halogens is 3. The van der Waals surface area contributed by atoms with Crippen LogP contribution in [0.15, 0.2) is 60.3 Å². The van der Waals surface area contributed by atoms with Crippen molar-refractivity contribution in [1.29, 1.82) is 0 Å². The minimum Gasteiger partial charge on any atom is -0.477 e. The first-order valence-electron chi connectivity index (χ1n) is 17.3. The highest BCUT2D eigenvalue weighted by molar-refractivity contribution is 7.89. The number of rotatable bonds is 10. The standard InChI is InChI=1S/C35H43F3N8O5S/c1-4-17-46-32(48)25-10-11-28(45-20-13-29(42-45)51-21-16-34(14-15-34)35(36,37)38)41-31(25)44-23-24(22-33(44,2)3)7-6-18-43(19-12-26(39)47)27-8-5-9-30(40-27)52(46,49)50/h4-5,8-11,13,20,24H,1,6-7,12,14-19,21-23H2,2-3H3,(H2,39,47)/t24-/m0/s1. The summed E-state index contributed by atoms with van der Waals surface area (Å²) in [6.07, 6.45) is 0.933. The first kappa shape index (κ1) is 37.1. The van der Waals surface area contributed by atoms with Crippen molar-refractivity contribution in [3.05, 3.63) is 60.8 Å². The van der Waals surface area contributed by atoms with Crippen molar-refractivity contribution >= 4 is 33.5 Å². The number of pyridine rings is 2. The predicted molar refractivity (Wildman–Crippen MR) is 187 cm³/mol. The molecule has 1 saturated carbocycles. The first-order valence-corrected chi connectivity index (χ1v) is 18.7. The zero-order valence-electron chi connectivity index (χ0n) is 29.2. The molecular weight excluding hydrogens is 701 g/mol. The monoisotopic (exact) mass is 744 g/mol. The Balaban J connectivity index is 1.37. The smallest absolute Gasteiger partial charge is 0.394 e. The molecule has 0 radical (unpaired) electrons. The second kappa shape index (κ2) is 14.0. The average Bonchev–Trinajstić information content (AvgIpc) is 3.64. The van der Waals surface area contributed by atoms with Gasteiger partial charge in [-0.05, 0) is 82.6 Å². The summed E-state index contributed by atoms with van der Waals surface area (Å²) in [6.45, 7) is 8.55. The van der Waals surface area contributed by atoms with Crippen molar-refractivity contribution in [3.8, 4) is 11.7 Å². The van der Waals surface area contributed by atoms with E-state index in [1.807, 2.05) is 23.6 Å². The van der Waals surface area contributed by atoms with Crippen molar-refractivity contribution in [2.75, 3.05) is 42.6 Å². The average molecular weight is 745 g/mol. The van der Waals surface area contributed by atoms with E-state index in [2.05, 4.69) is 16.7 Å². The number of carbonyl (C=O) groups excluding carboxylic acids is 2. The minimum absolute atomic E-state index is 0.0440. The van der Waals surface area contributed by atoms with Crippen LogP contribution < -0.4 is 20.3 Å². The van der Waals surface area contributed by atoms with E-state index in [9.17, 15) is 31.2 Å². The molecule has 3 aromatic rings. The fraction of sp³-hybridized carbons (Fsp3) is 0.514. The van der Waals surface area contributed by atoms with Crippen LogP contribution in [0.3, 0.4) is 0 Å². The van der Waals surface area contributed by atoms with Crippen LogP contribution in [0, 0.1) is 11.3 Å². The molecule has 0 aromatic carbocycles. The van der Waals surface area contributed by atoms with E-state index < -0.39 is 39.0 Å². The van der Waals surface area contributed by atoms with E-state index in [4.69, 9.17) is 15.5 Å². The molecule has 1 aliphatic carbocycles. The van der Waals surface area contributed by atoms with Gasteiger partial charge < -0.3 is 20.3 Å². The third-order valence-corrected chi connectivity index (χ3v) is 11.8. The van der Waals surface area contributed by atoms with Crippen LogP contribution in [0.25, 0.3) is 5.82 Å². The van der Waals surface area contributed by atoms with Crippen molar-refractivity contribution < 1.29 is 35.9 Å². The normalized spacial score (nSPS) is 20.8. The van der Waals surface area contributed by atoms with Gasteiger partial charge in [-0.1, -0.05) is 12.1 Å². The molecule has 6 rings (SSSR count). The summed E-state index contributed by atoms with van der Waals surface area (Å²) < 4.78 is 76.2. The summed E-state index contributed by atoms with van der Waals surface area (Å²) in [5.74, 6) is -0.108. The Hall–Kier alpha value is -4.67. The van der Waals surface area contributed by atoms with Crippen LogP contribution in [0.4, 0.5) is 24.8 Å². The largest absolute Gasteiger partial charge is 0.477 e. The van der Waals surface area contributed by atoms with Gasteiger partial charge in [-0.3, -0.25) is 9.59 Å². The summed E-state index contributed by atoms with van der Waals surface area (Å²) in [5.41, 5.74) is 3.31. The molecule has 3 aromatic heterocycles. The first-order chi connectivity index (χ1) is 24.5.